The zero-order chi connectivity index (χ0) is 15.5. The maximum atomic E-state index is 5.90. The fourth-order valence-electron chi connectivity index (χ4n) is 2.29. The van der Waals surface area contributed by atoms with Crippen molar-refractivity contribution >= 4 is 0 Å². The average Bonchev–Trinajstić information content (AvgIpc) is 3.17. The highest BCUT2D eigenvalue weighted by Crippen LogP contribution is 2.25. The number of nitrogens with zero attached hydrogens (tertiary/aromatic N) is 3. The van der Waals surface area contributed by atoms with Crippen LogP contribution < -0.4 is 0 Å². The van der Waals surface area contributed by atoms with Gasteiger partial charge in [0.1, 0.15) is 5.76 Å². The molecule has 0 aliphatic rings. The van der Waals surface area contributed by atoms with Gasteiger partial charge in [-0.1, -0.05) is 35.5 Å². The van der Waals surface area contributed by atoms with Crippen molar-refractivity contribution in [2.75, 3.05) is 7.05 Å². The Morgan fingerprint density at radius 3 is 2.68 bits per heavy atom. The van der Waals surface area contributed by atoms with E-state index in [4.69, 9.17) is 8.94 Å². The van der Waals surface area contributed by atoms with Crippen LogP contribution in [0.3, 0.4) is 0 Å². The van der Waals surface area contributed by atoms with Crippen LogP contribution in [0.15, 0.2) is 51.5 Å². The van der Waals surface area contributed by atoms with Gasteiger partial charge < -0.3 is 8.94 Å². The Hall–Kier alpha value is -2.40. The van der Waals surface area contributed by atoms with E-state index in [-0.39, 0.29) is 6.04 Å². The Morgan fingerprint density at radius 2 is 2.00 bits per heavy atom. The van der Waals surface area contributed by atoms with Gasteiger partial charge in [0.15, 0.2) is 5.76 Å². The van der Waals surface area contributed by atoms with Crippen LogP contribution in [0.25, 0.3) is 11.3 Å². The number of hydrogen-bond donors (Lipinski definition) is 0. The van der Waals surface area contributed by atoms with E-state index in [9.17, 15) is 0 Å². The van der Waals surface area contributed by atoms with E-state index in [0.29, 0.717) is 12.4 Å². The van der Waals surface area contributed by atoms with Gasteiger partial charge >= 0.3 is 0 Å². The fourth-order valence-corrected chi connectivity index (χ4v) is 2.29. The van der Waals surface area contributed by atoms with Crippen LogP contribution in [0.5, 0.6) is 0 Å². The quantitative estimate of drug-likeness (QED) is 0.716. The molecule has 22 heavy (non-hydrogen) atoms. The largest absolute Gasteiger partial charge is 0.439 e. The summed E-state index contributed by atoms with van der Waals surface area (Å²) in [6.45, 7) is 4.63. The normalized spacial score (nSPS) is 12.7. The Balaban J connectivity index is 1.72. The molecule has 0 aliphatic carbocycles. The minimum absolute atomic E-state index is 0.0504. The highest BCUT2D eigenvalue weighted by atomic mass is 16.5. The molecule has 1 unspecified atom stereocenters. The van der Waals surface area contributed by atoms with Crippen molar-refractivity contribution in [2.24, 2.45) is 0 Å². The van der Waals surface area contributed by atoms with Crippen LogP contribution in [-0.2, 0) is 6.54 Å². The first-order valence-corrected chi connectivity index (χ1v) is 7.27. The molecule has 2 aromatic heterocycles. The Bertz CT molecular complexity index is 733. The molecule has 114 valence electrons. The molecule has 1 aromatic carbocycles. The van der Waals surface area contributed by atoms with Crippen molar-refractivity contribution in [1.82, 2.24) is 15.0 Å². The van der Waals surface area contributed by atoms with Crippen LogP contribution >= 0.6 is 0 Å². The van der Waals surface area contributed by atoms with Gasteiger partial charge in [0.25, 0.3) is 0 Å². The fraction of sp³-hybridized carbons (Fsp3) is 0.294. The third-order valence-electron chi connectivity index (χ3n) is 3.69. The van der Waals surface area contributed by atoms with Gasteiger partial charge in [0.2, 0.25) is 5.89 Å². The molecule has 3 rings (SSSR count). The van der Waals surface area contributed by atoms with Crippen LogP contribution in [-0.4, -0.2) is 22.1 Å². The molecule has 1 atom stereocenters. The molecule has 0 amide bonds. The minimum Gasteiger partial charge on any atom is -0.439 e. The predicted molar refractivity (Wildman–Crippen MR) is 83.1 cm³/mol. The lowest BCUT2D eigenvalue weighted by atomic mass is 10.2. The third-order valence-corrected chi connectivity index (χ3v) is 3.69. The molecule has 0 saturated carbocycles. The van der Waals surface area contributed by atoms with Gasteiger partial charge in [-0.05, 0) is 20.9 Å². The molecule has 0 saturated heterocycles. The molecule has 0 N–H and O–H groups in total. The summed E-state index contributed by atoms with van der Waals surface area (Å²) in [7, 11) is 2.01. The zero-order valence-corrected chi connectivity index (χ0v) is 13.0. The van der Waals surface area contributed by atoms with Crippen molar-refractivity contribution in [3.8, 4) is 11.3 Å². The van der Waals surface area contributed by atoms with Gasteiger partial charge in [-0.3, -0.25) is 4.90 Å². The van der Waals surface area contributed by atoms with Crippen LogP contribution in [0.1, 0.15) is 30.3 Å². The lowest BCUT2D eigenvalue weighted by molar-refractivity contribution is 0.212. The molecule has 5 nitrogen and oxygen atoms in total. The van der Waals surface area contributed by atoms with Crippen molar-refractivity contribution < 1.29 is 8.94 Å². The molecule has 5 heteroatoms. The summed E-state index contributed by atoms with van der Waals surface area (Å²) in [6, 6.07) is 12.0. The molecular weight excluding hydrogens is 278 g/mol. The first-order chi connectivity index (χ1) is 10.6. The summed E-state index contributed by atoms with van der Waals surface area (Å²) in [5.41, 5.74) is 1.94. The van der Waals surface area contributed by atoms with E-state index in [2.05, 4.69) is 22.0 Å². The molecule has 0 radical (unpaired) electrons. The second kappa shape index (κ2) is 6.15. The standard InChI is InChI=1S/C17H19N3O2/c1-12-9-15(19-22-12)11-20(3)13(2)17-18-10-16(21-17)14-7-5-4-6-8-14/h4-10,13H,11H2,1-3H3. The van der Waals surface area contributed by atoms with Gasteiger partial charge in [-0.15, -0.1) is 0 Å². The summed E-state index contributed by atoms with van der Waals surface area (Å²) in [5, 5.41) is 4.02. The molecule has 0 spiro atoms. The summed E-state index contributed by atoms with van der Waals surface area (Å²) in [5.74, 6) is 2.30. The number of rotatable bonds is 5. The topological polar surface area (TPSA) is 55.3 Å². The maximum Gasteiger partial charge on any atom is 0.211 e. The first kappa shape index (κ1) is 14.5. The van der Waals surface area contributed by atoms with E-state index in [1.54, 1.807) is 6.20 Å². The molecular formula is C17H19N3O2. The molecule has 0 fully saturated rings. The smallest absolute Gasteiger partial charge is 0.211 e. The highest BCUT2D eigenvalue weighted by Gasteiger charge is 2.19. The predicted octanol–water partition coefficient (Wildman–Crippen LogP) is 3.83. The Kier molecular flexibility index (Phi) is 4.06. The molecule has 0 aliphatic heterocycles. The van der Waals surface area contributed by atoms with Crippen LogP contribution in [0.2, 0.25) is 0 Å². The van der Waals surface area contributed by atoms with E-state index in [1.165, 1.54) is 0 Å². The van der Waals surface area contributed by atoms with Crippen molar-refractivity contribution in [2.45, 2.75) is 26.4 Å². The van der Waals surface area contributed by atoms with E-state index < -0.39 is 0 Å². The van der Waals surface area contributed by atoms with Crippen LogP contribution in [0, 0.1) is 6.92 Å². The second-order valence-electron chi connectivity index (χ2n) is 5.45. The first-order valence-electron chi connectivity index (χ1n) is 7.27. The Labute approximate surface area is 129 Å². The molecule has 0 bridgehead atoms. The highest BCUT2D eigenvalue weighted by molar-refractivity contribution is 5.55. The van der Waals surface area contributed by atoms with E-state index in [1.807, 2.05) is 50.4 Å². The average molecular weight is 297 g/mol. The lowest BCUT2D eigenvalue weighted by Gasteiger charge is -2.20. The monoisotopic (exact) mass is 297 g/mol. The van der Waals surface area contributed by atoms with Crippen molar-refractivity contribution in [3.05, 3.63) is 59.9 Å². The molecule has 3 aromatic rings. The van der Waals surface area contributed by atoms with Crippen molar-refractivity contribution in [1.29, 1.82) is 0 Å². The maximum absolute atomic E-state index is 5.90. The van der Waals surface area contributed by atoms with Gasteiger partial charge in [-0.25, -0.2) is 4.98 Å². The number of oxazole rings is 1. The summed E-state index contributed by atoms with van der Waals surface area (Å²) in [6.07, 6.45) is 1.77. The summed E-state index contributed by atoms with van der Waals surface area (Å²) >= 11 is 0. The van der Waals surface area contributed by atoms with Crippen LogP contribution in [0.4, 0.5) is 0 Å². The lowest BCUT2D eigenvalue weighted by Crippen LogP contribution is -2.22. The summed E-state index contributed by atoms with van der Waals surface area (Å²) in [4.78, 5) is 6.53. The second-order valence-corrected chi connectivity index (χ2v) is 5.45. The minimum atomic E-state index is 0.0504. The molecule has 2 heterocycles. The van der Waals surface area contributed by atoms with Crippen molar-refractivity contribution in [3.63, 3.8) is 0 Å². The SMILES string of the molecule is Cc1cc(CN(C)C(C)c2ncc(-c3ccccc3)o2)no1. The van der Waals surface area contributed by atoms with Gasteiger partial charge in [0, 0.05) is 18.2 Å². The van der Waals surface area contributed by atoms with Gasteiger partial charge in [0.05, 0.1) is 17.9 Å². The zero-order valence-electron chi connectivity index (χ0n) is 13.0. The third kappa shape index (κ3) is 3.09. The number of hydrogen-bond acceptors (Lipinski definition) is 5. The van der Waals surface area contributed by atoms with E-state index >= 15 is 0 Å². The number of benzene rings is 1. The Morgan fingerprint density at radius 1 is 1.23 bits per heavy atom. The van der Waals surface area contributed by atoms with Gasteiger partial charge in [-0.2, -0.15) is 0 Å². The number of aryl methyl sites for hydroxylation is 1. The summed E-state index contributed by atoms with van der Waals surface area (Å²) < 4.78 is 11.0. The van der Waals surface area contributed by atoms with E-state index in [0.717, 1.165) is 22.8 Å². The number of aromatic nitrogens is 2.